The molecule has 6 heteroatoms. The summed E-state index contributed by atoms with van der Waals surface area (Å²) < 4.78 is 16.9. The van der Waals surface area contributed by atoms with Crippen LogP contribution >= 0.6 is 0 Å². The molecule has 5 nitrogen and oxygen atoms in total. The van der Waals surface area contributed by atoms with Crippen LogP contribution in [0.2, 0.25) is 0 Å². The molecular weight excluding hydrogens is 297 g/mol. The first-order valence-electron chi connectivity index (χ1n) is 7.67. The number of halogens is 1. The first-order valence-corrected chi connectivity index (χ1v) is 7.67. The quantitative estimate of drug-likeness (QED) is 0.785. The fourth-order valence-corrected chi connectivity index (χ4v) is 2.83. The lowest BCUT2D eigenvalue weighted by Crippen LogP contribution is -2.25. The van der Waals surface area contributed by atoms with Crippen molar-refractivity contribution >= 4 is 22.5 Å². The maximum atomic E-state index is 13.6. The maximum Gasteiger partial charge on any atom is 0.275 e. The summed E-state index contributed by atoms with van der Waals surface area (Å²) in [7, 11) is 0. The Labute approximate surface area is 132 Å². The number of benzene rings is 1. The molecule has 3 aromatic rings. The van der Waals surface area contributed by atoms with E-state index >= 15 is 0 Å². The summed E-state index contributed by atoms with van der Waals surface area (Å²) in [6.45, 7) is 2.82. The molecule has 2 aromatic heterocycles. The van der Waals surface area contributed by atoms with E-state index in [-0.39, 0.29) is 17.3 Å². The Morgan fingerprint density at radius 1 is 1.22 bits per heavy atom. The molecule has 0 unspecified atom stereocenters. The van der Waals surface area contributed by atoms with E-state index in [4.69, 9.17) is 0 Å². The van der Waals surface area contributed by atoms with Gasteiger partial charge in [-0.25, -0.2) is 4.39 Å². The summed E-state index contributed by atoms with van der Waals surface area (Å²) in [6, 6.07) is 7.94. The predicted molar refractivity (Wildman–Crippen MR) is 87.0 cm³/mol. The van der Waals surface area contributed by atoms with E-state index in [2.05, 4.69) is 5.32 Å². The van der Waals surface area contributed by atoms with Crippen LogP contribution in [-0.2, 0) is 11.3 Å². The lowest BCUT2D eigenvalue weighted by atomic mass is 10.2. The SMILES string of the molecule is CCNC(=O)CCCn1c(=O)c2cccn2c2ccc(F)cc21. The Hall–Kier alpha value is -2.63. The van der Waals surface area contributed by atoms with Gasteiger partial charge in [0, 0.05) is 25.7 Å². The molecule has 23 heavy (non-hydrogen) atoms. The van der Waals surface area contributed by atoms with Gasteiger partial charge in [-0.1, -0.05) is 0 Å². The zero-order chi connectivity index (χ0) is 16.4. The van der Waals surface area contributed by atoms with Gasteiger partial charge >= 0.3 is 0 Å². The van der Waals surface area contributed by atoms with E-state index in [9.17, 15) is 14.0 Å². The largest absolute Gasteiger partial charge is 0.356 e. The van der Waals surface area contributed by atoms with E-state index in [0.29, 0.717) is 37.0 Å². The molecule has 0 bridgehead atoms. The molecule has 0 atom stereocenters. The molecular formula is C17H18FN3O2. The van der Waals surface area contributed by atoms with Gasteiger partial charge < -0.3 is 14.3 Å². The van der Waals surface area contributed by atoms with Crippen LogP contribution < -0.4 is 10.9 Å². The van der Waals surface area contributed by atoms with Gasteiger partial charge in [0.1, 0.15) is 11.3 Å². The highest BCUT2D eigenvalue weighted by Crippen LogP contribution is 2.17. The first kappa shape index (κ1) is 15.3. The van der Waals surface area contributed by atoms with Crippen LogP contribution in [0.5, 0.6) is 0 Å². The van der Waals surface area contributed by atoms with Crippen molar-refractivity contribution in [2.45, 2.75) is 26.3 Å². The standard InChI is InChI=1S/C17H18FN3O2/c1-2-19-16(22)6-4-10-21-15-11-12(18)7-8-13(15)20-9-3-5-14(20)17(21)23/h3,5,7-9,11H,2,4,6,10H2,1H3,(H,19,22). The third kappa shape index (κ3) is 2.84. The maximum absolute atomic E-state index is 13.6. The van der Waals surface area contributed by atoms with Crippen LogP contribution in [-0.4, -0.2) is 21.4 Å². The van der Waals surface area contributed by atoms with Gasteiger partial charge in [0.25, 0.3) is 5.56 Å². The second-order valence-corrected chi connectivity index (χ2v) is 5.41. The van der Waals surface area contributed by atoms with Crippen molar-refractivity contribution in [3.8, 4) is 0 Å². The number of carbonyl (C=O) groups is 1. The molecule has 0 radical (unpaired) electrons. The molecule has 0 aliphatic rings. The summed E-state index contributed by atoms with van der Waals surface area (Å²) in [5.41, 5.74) is 1.67. The van der Waals surface area contributed by atoms with Crippen molar-refractivity contribution < 1.29 is 9.18 Å². The number of aromatic nitrogens is 2. The number of rotatable bonds is 5. The second kappa shape index (κ2) is 6.24. The number of nitrogens with one attached hydrogen (secondary N) is 1. The van der Waals surface area contributed by atoms with E-state index in [1.54, 1.807) is 33.4 Å². The lowest BCUT2D eigenvalue weighted by Gasteiger charge is -2.12. The van der Waals surface area contributed by atoms with Crippen molar-refractivity contribution in [2.24, 2.45) is 0 Å². The number of fused-ring (bicyclic) bond motifs is 3. The summed E-state index contributed by atoms with van der Waals surface area (Å²) in [6.07, 6.45) is 2.65. The van der Waals surface area contributed by atoms with Crippen LogP contribution in [0, 0.1) is 5.82 Å². The monoisotopic (exact) mass is 315 g/mol. The average molecular weight is 315 g/mol. The van der Waals surface area contributed by atoms with E-state index in [0.717, 1.165) is 5.52 Å². The zero-order valence-corrected chi connectivity index (χ0v) is 12.9. The normalized spacial score (nSPS) is 11.2. The van der Waals surface area contributed by atoms with Gasteiger partial charge in [0.15, 0.2) is 0 Å². The molecule has 0 saturated heterocycles. The smallest absolute Gasteiger partial charge is 0.275 e. The van der Waals surface area contributed by atoms with Crippen LogP contribution in [0.4, 0.5) is 4.39 Å². The van der Waals surface area contributed by atoms with Crippen molar-refractivity contribution in [2.75, 3.05) is 6.54 Å². The van der Waals surface area contributed by atoms with Crippen molar-refractivity contribution in [1.29, 1.82) is 0 Å². The molecule has 120 valence electrons. The van der Waals surface area contributed by atoms with Gasteiger partial charge in [-0.2, -0.15) is 0 Å². The second-order valence-electron chi connectivity index (χ2n) is 5.41. The summed E-state index contributed by atoms with van der Waals surface area (Å²) >= 11 is 0. The molecule has 0 aliphatic carbocycles. The third-order valence-corrected chi connectivity index (χ3v) is 3.86. The molecule has 3 rings (SSSR count). The molecule has 2 heterocycles. The summed E-state index contributed by atoms with van der Waals surface area (Å²) in [4.78, 5) is 24.2. The average Bonchev–Trinajstić information content (AvgIpc) is 3.00. The van der Waals surface area contributed by atoms with E-state index < -0.39 is 0 Å². The van der Waals surface area contributed by atoms with Gasteiger partial charge in [0.2, 0.25) is 5.91 Å². The molecule has 0 fully saturated rings. The number of aryl methyl sites for hydroxylation is 1. The first-order chi connectivity index (χ1) is 11.1. The van der Waals surface area contributed by atoms with Crippen LogP contribution in [0.25, 0.3) is 16.6 Å². The Morgan fingerprint density at radius 3 is 2.83 bits per heavy atom. The van der Waals surface area contributed by atoms with Crippen LogP contribution in [0.15, 0.2) is 41.3 Å². The van der Waals surface area contributed by atoms with Gasteiger partial charge in [-0.15, -0.1) is 0 Å². The highest BCUT2D eigenvalue weighted by molar-refractivity contribution is 5.79. The van der Waals surface area contributed by atoms with Crippen molar-refractivity contribution in [1.82, 2.24) is 14.3 Å². The highest BCUT2D eigenvalue weighted by atomic mass is 19.1. The molecule has 1 aromatic carbocycles. The van der Waals surface area contributed by atoms with Gasteiger partial charge in [-0.3, -0.25) is 9.59 Å². The molecule has 0 spiro atoms. The van der Waals surface area contributed by atoms with Gasteiger partial charge in [0.05, 0.1) is 11.0 Å². The molecule has 0 aliphatic heterocycles. The lowest BCUT2D eigenvalue weighted by molar-refractivity contribution is -0.121. The van der Waals surface area contributed by atoms with Crippen molar-refractivity contribution in [3.05, 3.63) is 52.7 Å². The highest BCUT2D eigenvalue weighted by Gasteiger charge is 2.11. The number of hydrogen-bond acceptors (Lipinski definition) is 2. The number of amides is 1. The number of carbonyl (C=O) groups excluding carboxylic acids is 1. The Bertz CT molecular complexity index is 927. The summed E-state index contributed by atoms with van der Waals surface area (Å²) in [5.74, 6) is -0.430. The minimum atomic E-state index is -0.388. The molecule has 0 saturated carbocycles. The predicted octanol–water partition coefficient (Wildman–Crippen LogP) is 2.31. The topological polar surface area (TPSA) is 55.5 Å². The van der Waals surface area contributed by atoms with Crippen molar-refractivity contribution in [3.63, 3.8) is 0 Å². The molecule has 1 amide bonds. The van der Waals surface area contributed by atoms with Crippen LogP contribution in [0.1, 0.15) is 19.8 Å². The van der Waals surface area contributed by atoms with E-state index in [1.807, 2.05) is 6.92 Å². The fourth-order valence-electron chi connectivity index (χ4n) is 2.83. The number of nitrogens with zero attached hydrogens (tertiary/aromatic N) is 2. The summed E-state index contributed by atoms with van der Waals surface area (Å²) in [5, 5.41) is 2.73. The van der Waals surface area contributed by atoms with E-state index in [1.165, 1.54) is 12.1 Å². The fraction of sp³-hybridized carbons (Fsp3) is 0.294. The minimum Gasteiger partial charge on any atom is -0.356 e. The number of hydrogen-bond donors (Lipinski definition) is 1. The Morgan fingerprint density at radius 2 is 2.04 bits per heavy atom. The Kier molecular flexibility index (Phi) is 4.14. The van der Waals surface area contributed by atoms with Crippen LogP contribution in [0.3, 0.4) is 0 Å². The Balaban J connectivity index is 2.03. The zero-order valence-electron chi connectivity index (χ0n) is 12.9. The third-order valence-electron chi connectivity index (χ3n) is 3.86. The minimum absolute atomic E-state index is 0.0419. The molecule has 1 N–H and O–H groups in total. The van der Waals surface area contributed by atoms with Gasteiger partial charge in [-0.05, 0) is 43.7 Å².